The third-order valence-electron chi connectivity index (χ3n) is 4.35. The number of hydrogen-bond donors (Lipinski definition) is 0. The molecule has 2 aliphatic rings. The van der Waals surface area contributed by atoms with Gasteiger partial charge in [0.05, 0.1) is 10.5 Å². The monoisotopic (exact) mass is 343 g/mol. The highest BCUT2D eigenvalue weighted by molar-refractivity contribution is 5.81. The fourth-order valence-electron chi connectivity index (χ4n) is 2.90. The lowest BCUT2D eigenvalue weighted by Crippen LogP contribution is -2.49. The first kappa shape index (κ1) is 16.5. The second-order valence-corrected chi connectivity index (χ2v) is 6.04. The van der Waals surface area contributed by atoms with Crippen LogP contribution in [0.2, 0.25) is 0 Å². The summed E-state index contributed by atoms with van der Waals surface area (Å²) >= 11 is 0. The van der Waals surface area contributed by atoms with E-state index in [4.69, 9.17) is 0 Å². The second kappa shape index (κ2) is 5.95. The maximum Gasteiger partial charge on any atom is 0.418 e. The lowest BCUT2D eigenvalue weighted by atomic mass is 10.1. The molecule has 0 N–H and O–H groups in total. The van der Waals surface area contributed by atoms with Gasteiger partial charge in [0.2, 0.25) is 5.91 Å². The van der Waals surface area contributed by atoms with Crippen LogP contribution in [-0.4, -0.2) is 41.9 Å². The van der Waals surface area contributed by atoms with Crippen molar-refractivity contribution < 1.29 is 22.9 Å². The third-order valence-corrected chi connectivity index (χ3v) is 4.35. The Balaban J connectivity index is 1.79. The first-order valence-electron chi connectivity index (χ1n) is 7.67. The van der Waals surface area contributed by atoms with Gasteiger partial charge in [-0.2, -0.15) is 13.2 Å². The highest BCUT2D eigenvalue weighted by Gasteiger charge is 2.38. The topological polar surface area (TPSA) is 66.7 Å². The van der Waals surface area contributed by atoms with Gasteiger partial charge in [0.25, 0.3) is 5.69 Å². The first-order valence-corrected chi connectivity index (χ1v) is 7.67. The summed E-state index contributed by atoms with van der Waals surface area (Å²) in [6, 6.07) is 2.78. The van der Waals surface area contributed by atoms with Crippen LogP contribution in [-0.2, 0) is 11.0 Å². The number of halogens is 3. The van der Waals surface area contributed by atoms with Crippen LogP contribution in [0.4, 0.5) is 24.5 Å². The van der Waals surface area contributed by atoms with Gasteiger partial charge in [-0.1, -0.05) is 0 Å². The van der Waals surface area contributed by atoms with Gasteiger partial charge in [-0.3, -0.25) is 14.9 Å². The molecule has 0 aromatic heterocycles. The summed E-state index contributed by atoms with van der Waals surface area (Å²) < 4.78 is 39.8. The van der Waals surface area contributed by atoms with E-state index < -0.39 is 22.4 Å². The summed E-state index contributed by atoms with van der Waals surface area (Å²) in [5.41, 5.74) is -1.68. The molecule has 1 aromatic carbocycles. The lowest BCUT2D eigenvalue weighted by Gasteiger charge is -2.37. The molecule has 6 nitrogen and oxygen atoms in total. The Morgan fingerprint density at radius 1 is 1.17 bits per heavy atom. The number of non-ortho nitro benzene ring substituents is 1. The molecular formula is C15H16F3N3O3. The molecule has 3 rings (SSSR count). The summed E-state index contributed by atoms with van der Waals surface area (Å²) in [5, 5.41) is 10.7. The zero-order chi connectivity index (χ0) is 17.5. The fraction of sp³-hybridized carbons (Fsp3) is 0.533. The van der Waals surface area contributed by atoms with Gasteiger partial charge < -0.3 is 9.80 Å². The number of alkyl halides is 3. The third kappa shape index (κ3) is 3.29. The number of piperazine rings is 1. The Bertz CT molecular complexity index is 666. The summed E-state index contributed by atoms with van der Waals surface area (Å²) in [7, 11) is 0. The van der Waals surface area contributed by atoms with Crippen molar-refractivity contribution in [2.24, 2.45) is 5.92 Å². The van der Waals surface area contributed by atoms with E-state index in [-0.39, 0.29) is 30.6 Å². The number of carbonyl (C=O) groups is 1. The Morgan fingerprint density at radius 3 is 2.29 bits per heavy atom. The summed E-state index contributed by atoms with van der Waals surface area (Å²) in [4.78, 5) is 25.1. The molecule has 0 spiro atoms. The smallest absolute Gasteiger partial charge is 0.367 e. The average Bonchev–Trinajstić information content (AvgIpc) is 3.38. The lowest BCUT2D eigenvalue weighted by molar-refractivity contribution is -0.385. The van der Waals surface area contributed by atoms with E-state index in [0.717, 1.165) is 25.0 Å². The van der Waals surface area contributed by atoms with Crippen molar-refractivity contribution in [1.29, 1.82) is 0 Å². The van der Waals surface area contributed by atoms with Gasteiger partial charge in [0, 0.05) is 49.9 Å². The van der Waals surface area contributed by atoms with E-state index >= 15 is 0 Å². The minimum Gasteiger partial charge on any atom is -0.367 e. The molecule has 130 valence electrons. The van der Waals surface area contributed by atoms with E-state index in [1.165, 1.54) is 4.90 Å². The largest absolute Gasteiger partial charge is 0.418 e. The number of carbonyl (C=O) groups excluding carboxylic acids is 1. The number of nitrogens with zero attached hydrogens (tertiary/aromatic N) is 3. The molecule has 0 bridgehead atoms. The van der Waals surface area contributed by atoms with E-state index in [9.17, 15) is 28.1 Å². The van der Waals surface area contributed by atoms with Crippen molar-refractivity contribution in [2.75, 3.05) is 31.1 Å². The standard InChI is InChI=1S/C15H16F3N3O3/c16-15(17,18)12-9-11(21(23)24)3-4-13(12)19-5-7-20(8-6-19)14(22)10-1-2-10/h3-4,9-10H,1-2,5-8H2. The molecule has 1 heterocycles. The summed E-state index contributed by atoms with van der Waals surface area (Å²) in [6.45, 7) is 1.28. The van der Waals surface area contributed by atoms with Crippen LogP contribution in [0.5, 0.6) is 0 Å². The van der Waals surface area contributed by atoms with Crippen molar-refractivity contribution in [3.05, 3.63) is 33.9 Å². The molecule has 2 fully saturated rings. The number of rotatable bonds is 3. The van der Waals surface area contributed by atoms with Crippen molar-refractivity contribution in [1.82, 2.24) is 4.90 Å². The van der Waals surface area contributed by atoms with E-state index in [2.05, 4.69) is 0 Å². The van der Waals surface area contributed by atoms with Crippen LogP contribution in [0.3, 0.4) is 0 Å². The Morgan fingerprint density at radius 2 is 1.79 bits per heavy atom. The van der Waals surface area contributed by atoms with Crippen LogP contribution >= 0.6 is 0 Å². The van der Waals surface area contributed by atoms with Crippen LogP contribution in [0.15, 0.2) is 18.2 Å². The maximum atomic E-state index is 13.3. The second-order valence-electron chi connectivity index (χ2n) is 6.04. The van der Waals surface area contributed by atoms with Crippen molar-refractivity contribution in [3.63, 3.8) is 0 Å². The number of hydrogen-bond acceptors (Lipinski definition) is 4. The highest BCUT2D eigenvalue weighted by Crippen LogP contribution is 2.39. The SMILES string of the molecule is O=C(C1CC1)N1CCN(c2ccc([N+](=O)[O-])cc2C(F)(F)F)CC1. The van der Waals surface area contributed by atoms with Crippen LogP contribution in [0.1, 0.15) is 18.4 Å². The number of anilines is 1. The molecule has 1 saturated heterocycles. The molecule has 0 unspecified atom stereocenters. The molecule has 9 heteroatoms. The van der Waals surface area contributed by atoms with Gasteiger partial charge in [0.15, 0.2) is 0 Å². The molecule has 1 amide bonds. The average molecular weight is 343 g/mol. The van der Waals surface area contributed by atoms with E-state index in [1.54, 1.807) is 4.90 Å². The van der Waals surface area contributed by atoms with Crippen molar-refractivity contribution in [3.8, 4) is 0 Å². The quantitative estimate of drug-likeness (QED) is 0.625. The van der Waals surface area contributed by atoms with Gasteiger partial charge in [0.1, 0.15) is 0 Å². The van der Waals surface area contributed by atoms with E-state index in [1.807, 2.05) is 0 Å². The maximum absolute atomic E-state index is 13.3. The predicted molar refractivity (Wildman–Crippen MR) is 79.6 cm³/mol. The van der Waals surface area contributed by atoms with Gasteiger partial charge in [-0.15, -0.1) is 0 Å². The molecule has 1 aliphatic carbocycles. The zero-order valence-electron chi connectivity index (χ0n) is 12.8. The van der Waals surface area contributed by atoms with Crippen LogP contribution in [0, 0.1) is 16.0 Å². The van der Waals surface area contributed by atoms with Crippen LogP contribution < -0.4 is 4.90 Å². The van der Waals surface area contributed by atoms with Crippen LogP contribution in [0.25, 0.3) is 0 Å². The number of nitro groups is 1. The highest BCUT2D eigenvalue weighted by atomic mass is 19.4. The molecule has 1 aliphatic heterocycles. The van der Waals surface area contributed by atoms with Gasteiger partial charge in [-0.05, 0) is 18.9 Å². The Hall–Kier alpha value is -2.32. The Labute approximate surface area is 136 Å². The number of nitro benzene ring substituents is 1. The fourth-order valence-corrected chi connectivity index (χ4v) is 2.90. The molecule has 0 atom stereocenters. The molecule has 24 heavy (non-hydrogen) atoms. The molecular weight excluding hydrogens is 327 g/mol. The summed E-state index contributed by atoms with van der Waals surface area (Å²) in [6.07, 6.45) is -2.90. The molecule has 1 saturated carbocycles. The van der Waals surface area contributed by atoms with Gasteiger partial charge >= 0.3 is 6.18 Å². The minimum absolute atomic E-state index is 0.0772. The molecule has 0 radical (unpaired) electrons. The zero-order valence-corrected chi connectivity index (χ0v) is 12.8. The first-order chi connectivity index (χ1) is 11.3. The van der Waals surface area contributed by atoms with Crippen molar-refractivity contribution >= 4 is 17.3 Å². The minimum atomic E-state index is -4.68. The van der Waals surface area contributed by atoms with E-state index in [0.29, 0.717) is 19.2 Å². The Kier molecular flexibility index (Phi) is 4.10. The normalized spacial score (nSPS) is 18.6. The molecule has 1 aromatic rings. The summed E-state index contributed by atoms with van der Waals surface area (Å²) in [5.74, 6) is 0.163. The number of benzene rings is 1. The van der Waals surface area contributed by atoms with Gasteiger partial charge in [-0.25, -0.2) is 0 Å². The predicted octanol–water partition coefficient (Wildman–Crippen LogP) is 2.67. The van der Waals surface area contributed by atoms with Crippen molar-refractivity contribution in [2.45, 2.75) is 19.0 Å². The number of amides is 1.